The van der Waals surface area contributed by atoms with E-state index < -0.39 is 17.8 Å². The van der Waals surface area contributed by atoms with Crippen molar-refractivity contribution < 1.29 is 18.3 Å². The first kappa shape index (κ1) is 19.5. The average Bonchev–Trinajstić information content (AvgIpc) is 3.02. The van der Waals surface area contributed by atoms with Crippen LogP contribution in [0.1, 0.15) is 11.1 Å². The van der Waals surface area contributed by atoms with Gasteiger partial charge in [-0.1, -0.05) is 48.5 Å². The molecule has 0 saturated carbocycles. The number of benzene rings is 3. The van der Waals surface area contributed by atoms with Gasteiger partial charge in [0.1, 0.15) is 0 Å². The summed E-state index contributed by atoms with van der Waals surface area (Å²) in [6, 6.07) is 21.2. The van der Waals surface area contributed by atoms with E-state index in [1.807, 2.05) is 36.4 Å². The fourth-order valence-corrected chi connectivity index (χ4v) is 3.67. The standard InChI is InChI=1S/C23H21F3N2O/c24-23(25,26)17-11-9-16(10-12-17)13-27-14-18(29)15-28-21-7-3-1-5-19(21)20-6-2-4-8-22(20)28/h1-12,18,27,29H,13-15H2. The van der Waals surface area contributed by atoms with Gasteiger partial charge in [-0.25, -0.2) is 0 Å². The van der Waals surface area contributed by atoms with Crippen LogP contribution in [0.5, 0.6) is 0 Å². The summed E-state index contributed by atoms with van der Waals surface area (Å²) in [5, 5.41) is 16.0. The molecule has 0 saturated heterocycles. The van der Waals surface area contributed by atoms with Crippen molar-refractivity contribution in [2.75, 3.05) is 6.54 Å². The Kier molecular flexibility index (Phi) is 5.30. The molecule has 4 rings (SSSR count). The van der Waals surface area contributed by atoms with E-state index in [4.69, 9.17) is 0 Å². The van der Waals surface area contributed by atoms with E-state index in [1.165, 1.54) is 12.1 Å². The number of nitrogens with zero attached hydrogens (tertiary/aromatic N) is 1. The second-order valence-corrected chi connectivity index (χ2v) is 7.12. The molecule has 0 aliphatic carbocycles. The third kappa shape index (κ3) is 4.13. The van der Waals surface area contributed by atoms with Crippen molar-refractivity contribution in [2.45, 2.75) is 25.4 Å². The summed E-state index contributed by atoms with van der Waals surface area (Å²) in [5.74, 6) is 0. The number of aromatic nitrogens is 1. The Balaban J connectivity index is 1.42. The third-order valence-corrected chi connectivity index (χ3v) is 5.06. The summed E-state index contributed by atoms with van der Waals surface area (Å²) < 4.78 is 40.0. The van der Waals surface area contributed by atoms with Crippen LogP contribution < -0.4 is 5.32 Å². The molecule has 1 unspecified atom stereocenters. The number of hydrogen-bond donors (Lipinski definition) is 2. The highest BCUT2D eigenvalue weighted by molar-refractivity contribution is 6.07. The molecule has 0 bridgehead atoms. The van der Waals surface area contributed by atoms with Crippen molar-refractivity contribution >= 4 is 21.8 Å². The largest absolute Gasteiger partial charge is 0.416 e. The molecule has 0 fully saturated rings. The van der Waals surface area contributed by atoms with Crippen LogP contribution in [0.2, 0.25) is 0 Å². The predicted molar refractivity (Wildman–Crippen MR) is 109 cm³/mol. The van der Waals surface area contributed by atoms with Gasteiger partial charge < -0.3 is 15.0 Å². The Labute approximate surface area is 166 Å². The van der Waals surface area contributed by atoms with Gasteiger partial charge in [0, 0.05) is 34.9 Å². The molecule has 0 spiro atoms. The topological polar surface area (TPSA) is 37.2 Å². The smallest absolute Gasteiger partial charge is 0.390 e. The number of nitrogens with one attached hydrogen (secondary N) is 1. The molecule has 3 nitrogen and oxygen atoms in total. The van der Waals surface area contributed by atoms with E-state index in [1.54, 1.807) is 0 Å². The van der Waals surface area contributed by atoms with Gasteiger partial charge in [0.15, 0.2) is 0 Å². The lowest BCUT2D eigenvalue weighted by molar-refractivity contribution is -0.137. The summed E-state index contributed by atoms with van der Waals surface area (Å²) in [6.45, 7) is 1.15. The molecule has 2 N–H and O–H groups in total. The minimum absolute atomic E-state index is 0.335. The number of hydrogen-bond acceptors (Lipinski definition) is 2. The number of para-hydroxylation sites is 2. The summed E-state index contributed by atoms with van der Waals surface area (Å²) in [7, 11) is 0. The lowest BCUT2D eigenvalue weighted by Gasteiger charge is -2.15. The Morgan fingerprint density at radius 3 is 1.93 bits per heavy atom. The highest BCUT2D eigenvalue weighted by Gasteiger charge is 2.29. The number of rotatable bonds is 6. The van der Waals surface area contributed by atoms with Gasteiger partial charge in [0.2, 0.25) is 0 Å². The molecule has 0 radical (unpaired) electrons. The van der Waals surface area contributed by atoms with Crippen LogP contribution in [0.3, 0.4) is 0 Å². The van der Waals surface area contributed by atoms with Crippen molar-refractivity contribution in [3.63, 3.8) is 0 Å². The van der Waals surface area contributed by atoms with Crippen LogP contribution in [-0.4, -0.2) is 22.3 Å². The maximum absolute atomic E-state index is 12.6. The van der Waals surface area contributed by atoms with Gasteiger partial charge in [-0.05, 0) is 29.8 Å². The summed E-state index contributed by atoms with van der Waals surface area (Å²) in [5.41, 5.74) is 2.21. The molecular weight excluding hydrogens is 377 g/mol. The number of halogens is 3. The van der Waals surface area contributed by atoms with E-state index in [0.29, 0.717) is 19.6 Å². The van der Waals surface area contributed by atoms with Gasteiger partial charge in [-0.3, -0.25) is 0 Å². The normalized spacial score (nSPS) is 13.2. The zero-order valence-electron chi connectivity index (χ0n) is 15.7. The fourth-order valence-electron chi connectivity index (χ4n) is 3.67. The van der Waals surface area contributed by atoms with Crippen LogP contribution in [0.25, 0.3) is 21.8 Å². The van der Waals surface area contributed by atoms with E-state index in [-0.39, 0.29) is 0 Å². The Morgan fingerprint density at radius 2 is 1.38 bits per heavy atom. The number of aliphatic hydroxyl groups is 1. The van der Waals surface area contributed by atoms with Crippen molar-refractivity contribution in [1.82, 2.24) is 9.88 Å². The molecule has 6 heteroatoms. The van der Waals surface area contributed by atoms with Crippen LogP contribution >= 0.6 is 0 Å². The predicted octanol–water partition coefficient (Wildman–Crippen LogP) is 4.96. The lowest BCUT2D eigenvalue weighted by atomic mass is 10.1. The summed E-state index contributed by atoms with van der Waals surface area (Å²) in [6.07, 6.45) is -4.96. The van der Waals surface area contributed by atoms with Crippen LogP contribution in [-0.2, 0) is 19.3 Å². The summed E-state index contributed by atoms with van der Waals surface area (Å²) in [4.78, 5) is 0. The average molecular weight is 398 g/mol. The Bertz CT molecular complexity index is 1060. The monoisotopic (exact) mass is 398 g/mol. The molecule has 3 aromatic carbocycles. The van der Waals surface area contributed by atoms with Crippen LogP contribution in [0.15, 0.2) is 72.8 Å². The quantitative estimate of drug-likeness (QED) is 0.482. The second-order valence-electron chi connectivity index (χ2n) is 7.12. The van der Waals surface area contributed by atoms with Crippen molar-refractivity contribution in [2.24, 2.45) is 0 Å². The first-order chi connectivity index (χ1) is 13.9. The highest BCUT2D eigenvalue weighted by Crippen LogP contribution is 2.30. The molecule has 1 heterocycles. The molecule has 0 aliphatic rings. The molecule has 0 amide bonds. The maximum Gasteiger partial charge on any atom is 0.416 e. The first-order valence-electron chi connectivity index (χ1n) is 9.44. The second kappa shape index (κ2) is 7.89. The molecule has 150 valence electrons. The van der Waals surface area contributed by atoms with Gasteiger partial charge in [-0.15, -0.1) is 0 Å². The SMILES string of the molecule is OC(CNCc1ccc(C(F)(F)F)cc1)Cn1c2ccccc2c2ccccc21. The fraction of sp³-hybridized carbons (Fsp3) is 0.217. The summed E-state index contributed by atoms with van der Waals surface area (Å²) >= 11 is 0. The zero-order valence-corrected chi connectivity index (χ0v) is 15.7. The molecular formula is C23H21F3N2O. The minimum atomic E-state index is -4.33. The van der Waals surface area contributed by atoms with Crippen molar-refractivity contribution in [1.29, 1.82) is 0 Å². The van der Waals surface area contributed by atoms with Gasteiger partial charge in [-0.2, -0.15) is 13.2 Å². The van der Waals surface area contributed by atoms with Gasteiger partial charge in [0.25, 0.3) is 0 Å². The molecule has 1 atom stereocenters. The molecule has 0 aliphatic heterocycles. The Hall–Kier alpha value is -2.83. The Morgan fingerprint density at radius 1 is 0.828 bits per heavy atom. The van der Waals surface area contributed by atoms with Gasteiger partial charge in [0.05, 0.1) is 18.2 Å². The van der Waals surface area contributed by atoms with Crippen LogP contribution in [0.4, 0.5) is 13.2 Å². The van der Waals surface area contributed by atoms with E-state index >= 15 is 0 Å². The van der Waals surface area contributed by atoms with E-state index in [0.717, 1.165) is 39.5 Å². The zero-order chi connectivity index (χ0) is 20.4. The minimum Gasteiger partial charge on any atom is -0.390 e. The first-order valence-corrected chi connectivity index (χ1v) is 9.44. The van der Waals surface area contributed by atoms with E-state index in [2.05, 4.69) is 22.0 Å². The number of fused-ring (bicyclic) bond motifs is 3. The van der Waals surface area contributed by atoms with E-state index in [9.17, 15) is 18.3 Å². The lowest BCUT2D eigenvalue weighted by Crippen LogP contribution is -2.30. The third-order valence-electron chi connectivity index (χ3n) is 5.06. The van der Waals surface area contributed by atoms with Gasteiger partial charge >= 0.3 is 6.18 Å². The highest BCUT2D eigenvalue weighted by atomic mass is 19.4. The molecule has 29 heavy (non-hydrogen) atoms. The van der Waals surface area contributed by atoms with Crippen molar-refractivity contribution in [3.8, 4) is 0 Å². The van der Waals surface area contributed by atoms with Crippen LogP contribution in [0, 0.1) is 0 Å². The number of alkyl halides is 3. The maximum atomic E-state index is 12.6. The molecule has 1 aromatic heterocycles. The molecule has 4 aromatic rings. The number of aliphatic hydroxyl groups excluding tert-OH is 1. The van der Waals surface area contributed by atoms with Crippen molar-refractivity contribution in [3.05, 3.63) is 83.9 Å².